The summed E-state index contributed by atoms with van der Waals surface area (Å²) in [7, 11) is 0. The van der Waals surface area contributed by atoms with Crippen LogP contribution in [0.15, 0.2) is 72.3 Å². The number of rotatable bonds is 1. The van der Waals surface area contributed by atoms with Crippen LogP contribution in [0.2, 0.25) is 0 Å². The standard InChI is InChI=1S/C28H22/c1-17-15-21-11-3-7-19-9-5-13-23(27(19)21)25(17)26-18(2)16-22-12-4-8-20-10-6-14-24(26)28(20)22/h3-7,9-16,25H,8H2,1-2H3. The molecule has 0 radical (unpaired) electrons. The molecule has 0 saturated heterocycles. The second kappa shape index (κ2) is 5.69. The third kappa shape index (κ3) is 2.06. The lowest BCUT2D eigenvalue weighted by molar-refractivity contribution is 0.956. The predicted octanol–water partition coefficient (Wildman–Crippen LogP) is 7.42. The highest BCUT2D eigenvalue weighted by Gasteiger charge is 2.27. The monoisotopic (exact) mass is 358 g/mol. The third-order valence-corrected chi connectivity index (χ3v) is 6.57. The first kappa shape index (κ1) is 15.9. The largest absolute Gasteiger partial charge is 0.0795 e. The van der Waals surface area contributed by atoms with Gasteiger partial charge in [0, 0.05) is 5.92 Å². The molecule has 0 bridgehead atoms. The van der Waals surface area contributed by atoms with Crippen LogP contribution in [0.4, 0.5) is 0 Å². The van der Waals surface area contributed by atoms with Gasteiger partial charge in [0.1, 0.15) is 0 Å². The summed E-state index contributed by atoms with van der Waals surface area (Å²) in [5.74, 6) is 0.314. The first-order valence-electron chi connectivity index (χ1n) is 10.1. The SMILES string of the molecule is CC1=Cc2cccc3cccc(c23)C1c1c(C)cc2c3c(cccc13)CC=C2. The lowest BCUT2D eigenvalue weighted by Gasteiger charge is -2.29. The molecule has 2 aliphatic carbocycles. The molecule has 0 fully saturated rings. The van der Waals surface area contributed by atoms with Crippen LogP contribution < -0.4 is 0 Å². The minimum atomic E-state index is 0.314. The summed E-state index contributed by atoms with van der Waals surface area (Å²) in [5.41, 5.74) is 9.92. The van der Waals surface area contributed by atoms with E-state index < -0.39 is 0 Å². The molecule has 0 N–H and O–H groups in total. The minimum Gasteiger partial charge on any atom is -0.0795 e. The van der Waals surface area contributed by atoms with Crippen molar-refractivity contribution in [2.75, 3.05) is 0 Å². The van der Waals surface area contributed by atoms with Crippen molar-refractivity contribution >= 4 is 33.7 Å². The molecule has 4 aromatic rings. The number of benzene rings is 4. The highest BCUT2D eigenvalue weighted by molar-refractivity contribution is 6.01. The third-order valence-electron chi connectivity index (χ3n) is 6.57. The second-order valence-corrected chi connectivity index (χ2v) is 8.26. The molecule has 0 heterocycles. The number of hydrogen-bond acceptors (Lipinski definition) is 0. The van der Waals surface area contributed by atoms with Crippen molar-refractivity contribution in [3.63, 3.8) is 0 Å². The molecule has 6 rings (SSSR count). The molecule has 1 unspecified atom stereocenters. The molecule has 134 valence electrons. The van der Waals surface area contributed by atoms with E-state index in [1.54, 1.807) is 0 Å². The van der Waals surface area contributed by atoms with Gasteiger partial charge < -0.3 is 0 Å². The van der Waals surface area contributed by atoms with E-state index in [1.165, 1.54) is 60.5 Å². The Morgan fingerprint density at radius 3 is 2.54 bits per heavy atom. The molecular formula is C28H22. The molecule has 0 spiro atoms. The van der Waals surface area contributed by atoms with Crippen LogP contribution in [0.5, 0.6) is 0 Å². The van der Waals surface area contributed by atoms with Crippen LogP contribution in [0.3, 0.4) is 0 Å². The smallest absolute Gasteiger partial charge is 0.0314 e. The topological polar surface area (TPSA) is 0 Å². The van der Waals surface area contributed by atoms with E-state index in [2.05, 4.69) is 92.7 Å². The molecule has 0 aromatic heterocycles. The molecule has 0 nitrogen and oxygen atoms in total. The van der Waals surface area contributed by atoms with Crippen molar-refractivity contribution < 1.29 is 0 Å². The van der Waals surface area contributed by atoms with Gasteiger partial charge in [-0.2, -0.15) is 0 Å². The molecule has 4 aromatic carbocycles. The molecule has 2 aliphatic rings. The normalized spacial score (nSPS) is 17.2. The van der Waals surface area contributed by atoms with Crippen LogP contribution in [0.25, 0.3) is 33.7 Å². The van der Waals surface area contributed by atoms with Crippen LogP contribution in [-0.2, 0) is 6.42 Å². The Morgan fingerprint density at radius 2 is 1.64 bits per heavy atom. The first-order valence-corrected chi connectivity index (χ1v) is 10.1. The summed E-state index contributed by atoms with van der Waals surface area (Å²) in [5, 5.41) is 5.63. The van der Waals surface area contributed by atoms with Crippen LogP contribution in [0, 0.1) is 6.92 Å². The van der Waals surface area contributed by atoms with Gasteiger partial charge in [-0.25, -0.2) is 0 Å². The van der Waals surface area contributed by atoms with Crippen molar-refractivity contribution in [2.45, 2.75) is 26.2 Å². The van der Waals surface area contributed by atoms with Crippen molar-refractivity contribution in [3.05, 3.63) is 106 Å². The van der Waals surface area contributed by atoms with Gasteiger partial charge in [-0.1, -0.05) is 84.5 Å². The Labute approximate surface area is 165 Å². The summed E-state index contributed by atoms with van der Waals surface area (Å²) < 4.78 is 0. The zero-order valence-electron chi connectivity index (χ0n) is 16.3. The minimum absolute atomic E-state index is 0.314. The predicted molar refractivity (Wildman–Crippen MR) is 121 cm³/mol. The van der Waals surface area contributed by atoms with Crippen LogP contribution in [-0.4, -0.2) is 0 Å². The summed E-state index contributed by atoms with van der Waals surface area (Å²) in [6.45, 7) is 4.59. The lowest BCUT2D eigenvalue weighted by Crippen LogP contribution is -2.11. The van der Waals surface area contributed by atoms with Gasteiger partial charge in [0.05, 0.1) is 0 Å². The summed E-state index contributed by atoms with van der Waals surface area (Å²) in [6.07, 6.45) is 8.02. The highest BCUT2D eigenvalue weighted by atomic mass is 14.3. The molecule has 1 atom stereocenters. The molecule has 28 heavy (non-hydrogen) atoms. The van der Waals surface area contributed by atoms with Crippen LogP contribution >= 0.6 is 0 Å². The zero-order valence-corrected chi connectivity index (χ0v) is 16.3. The maximum absolute atomic E-state index is 2.40. The van der Waals surface area contributed by atoms with E-state index in [-0.39, 0.29) is 0 Å². The average molecular weight is 358 g/mol. The number of aryl methyl sites for hydroxylation is 1. The van der Waals surface area contributed by atoms with Gasteiger partial charge in [0.2, 0.25) is 0 Å². The lowest BCUT2D eigenvalue weighted by atomic mass is 9.74. The Kier molecular flexibility index (Phi) is 3.23. The van der Waals surface area contributed by atoms with Crippen molar-refractivity contribution in [1.82, 2.24) is 0 Å². The molecule has 0 amide bonds. The molecular weight excluding hydrogens is 336 g/mol. The fraction of sp³-hybridized carbons (Fsp3) is 0.143. The molecule has 0 aliphatic heterocycles. The Bertz CT molecular complexity index is 1340. The van der Waals surface area contributed by atoms with E-state index in [0.717, 1.165) is 6.42 Å². The first-order chi connectivity index (χ1) is 13.7. The van der Waals surface area contributed by atoms with Gasteiger partial charge >= 0.3 is 0 Å². The number of hydrogen-bond donors (Lipinski definition) is 0. The van der Waals surface area contributed by atoms with Crippen molar-refractivity contribution in [2.24, 2.45) is 0 Å². The maximum Gasteiger partial charge on any atom is 0.0314 e. The Hall–Kier alpha value is -3.12. The molecule has 0 saturated carbocycles. The fourth-order valence-electron chi connectivity index (χ4n) is 5.48. The van der Waals surface area contributed by atoms with Gasteiger partial charge in [0.15, 0.2) is 0 Å². The summed E-state index contributed by atoms with van der Waals surface area (Å²) in [6, 6.07) is 22.7. The van der Waals surface area contributed by atoms with Gasteiger partial charge in [0.25, 0.3) is 0 Å². The van der Waals surface area contributed by atoms with Gasteiger partial charge in [-0.05, 0) is 75.2 Å². The Morgan fingerprint density at radius 1 is 0.821 bits per heavy atom. The van der Waals surface area contributed by atoms with E-state index in [0.29, 0.717) is 5.92 Å². The highest BCUT2D eigenvalue weighted by Crippen LogP contribution is 2.46. The van der Waals surface area contributed by atoms with E-state index in [4.69, 9.17) is 0 Å². The van der Waals surface area contributed by atoms with E-state index >= 15 is 0 Å². The van der Waals surface area contributed by atoms with Crippen LogP contribution in [0.1, 0.15) is 46.2 Å². The number of allylic oxidation sites excluding steroid dienone is 2. The maximum atomic E-state index is 2.40. The molecule has 0 heteroatoms. The zero-order chi connectivity index (χ0) is 18.8. The average Bonchev–Trinajstić information content (AvgIpc) is 2.70. The fourth-order valence-corrected chi connectivity index (χ4v) is 5.48. The van der Waals surface area contributed by atoms with E-state index in [1.807, 2.05) is 0 Å². The van der Waals surface area contributed by atoms with Crippen molar-refractivity contribution in [1.29, 1.82) is 0 Å². The second-order valence-electron chi connectivity index (χ2n) is 8.26. The quantitative estimate of drug-likeness (QED) is 0.332. The van der Waals surface area contributed by atoms with Crippen molar-refractivity contribution in [3.8, 4) is 0 Å². The van der Waals surface area contributed by atoms with Gasteiger partial charge in [-0.3, -0.25) is 0 Å². The van der Waals surface area contributed by atoms with Gasteiger partial charge in [-0.15, -0.1) is 0 Å². The summed E-state index contributed by atoms with van der Waals surface area (Å²) in [4.78, 5) is 0. The summed E-state index contributed by atoms with van der Waals surface area (Å²) >= 11 is 0. The van der Waals surface area contributed by atoms with E-state index in [9.17, 15) is 0 Å². The Balaban J connectivity index is 1.73.